The predicted octanol–water partition coefficient (Wildman–Crippen LogP) is -1.99. The van der Waals surface area contributed by atoms with E-state index in [-0.39, 0.29) is 0 Å². The van der Waals surface area contributed by atoms with Crippen LogP contribution in [-0.2, 0) is 0 Å². The fourth-order valence-electron chi connectivity index (χ4n) is 1.50. The standard InChI is InChI=1S/C9H21NO3/c1-7(11)4-10(5-8(2)12)6-9(3)13/h7-9,11-13H,4-6H2,1-3H3/p+1/t7-,8-,9+/m1/s1. The minimum absolute atomic E-state index is 0.396. The molecular formula is C9H22NO3+. The highest BCUT2D eigenvalue weighted by Gasteiger charge is 2.16. The molecule has 0 radical (unpaired) electrons. The molecule has 3 atom stereocenters. The first-order valence-corrected chi connectivity index (χ1v) is 4.79. The molecular weight excluding hydrogens is 170 g/mol. The lowest BCUT2D eigenvalue weighted by Crippen LogP contribution is -3.15. The van der Waals surface area contributed by atoms with Gasteiger partial charge in [-0.2, -0.15) is 0 Å². The van der Waals surface area contributed by atoms with Crippen molar-refractivity contribution in [2.75, 3.05) is 19.6 Å². The summed E-state index contributed by atoms with van der Waals surface area (Å²) in [6.07, 6.45) is -1.19. The van der Waals surface area contributed by atoms with Gasteiger partial charge in [-0.05, 0) is 20.8 Å². The largest absolute Gasteiger partial charge is 0.388 e. The zero-order valence-electron chi connectivity index (χ0n) is 8.70. The van der Waals surface area contributed by atoms with Crippen LogP contribution in [0.2, 0.25) is 0 Å². The average Bonchev–Trinajstić information content (AvgIpc) is 1.80. The predicted molar refractivity (Wildman–Crippen MR) is 50.6 cm³/mol. The second-order valence-electron chi connectivity index (χ2n) is 3.91. The molecule has 4 N–H and O–H groups in total. The maximum absolute atomic E-state index is 9.16. The van der Waals surface area contributed by atoms with E-state index in [1.54, 1.807) is 20.8 Å². The van der Waals surface area contributed by atoms with Gasteiger partial charge in [-0.1, -0.05) is 0 Å². The summed E-state index contributed by atoms with van der Waals surface area (Å²) in [5.74, 6) is 0. The Kier molecular flexibility index (Phi) is 6.24. The quantitative estimate of drug-likeness (QED) is 0.394. The molecule has 0 aliphatic heterocycles. The van der Waals surface area contributed by atoms with Gasteiger partial charge in [0.05, 0.1) is 0 Å². The van der Waals surface area contributed by atoms with E-state index in [1.165, 1.54) is 0 Å². The van der Waals surface area contributed by atoms with Crippen molar-refractivity contribution in [1.29, 1.82) is 0 Å². The van der Waals surface area contributed by atoms with Crippen molar-refractivity contribution in [3.63, 3.8) is 0 Å². The van der Waals surface area contributed by atoms with Gasteiger partial charge in [-0.3, -0.25) is 0 Å². The fraction of sp³-hybridized carbons (Fsp3) is 1.00. The number of quaternary nitrogens is 1. The molecule has 0 unspecified atom stereocenters. The number of nitrogens with one attached hydrogen (secondary N) is 1. The molecule has 0 aromatic heterocycles. The van der Waals surface area contributed by atoms with Crippen molar-refractivity contribution < 1.29 is 20.2 Å². The van der Waals surface area contributed by atoms with Gasteiger partial charge in [-0.15, -0.1) is 0 Å². The highest BCUT2D eigenvalue weighted by Crippen LogP contribution is 1.77. The summed E-state index contributed by atoms with van der Waals surface area (Å²) in [6.45, 7) is 6.83. The molecule has 0 aliphatic carbocycles. The van der Waals surface area contributed by atoms with Crippen molar-refractivity contribution in [3.05, 3.63) is 0 Å². The lowest BCUT2D eigenvalue weighted by atomic mass is 10.2. The molecule has 0 bridgehead atoms. The van der Waals surface area contributed by atoms with Gasteiger partial charge in [0, 0.05) is 0 Å². The van der Waals surface area contributed by atoms with Gasteiger partial charge in [0.25, 0.3) is 0 Å². The van der Waals surface area contributed by atoms with Crippen LogP contribution in [0.4, 0.5) is 0 Å². The molecule has 0 saturated heterocycles. The first-order chi connectivity index (χ1) is 5.91. The topological polar surface area (TPSA) is 65.1 Å². The second kappa shape index (κ2) is 6.32. The third-order valence-corrected chi connectivity index (χ3v) is 1.75. The highest BCUT2D eigenvalue weighted by molar-refractivity contribution is 4.48. The van der Waals surface area contributed by atoms with E-state index >= 15 is 0 Å². The molecule has 0 aromatic carbocycles. The molecule has 0 rings (SSSR count). The van der Waals surface area contributed by atoms with Crippen LogP contribution in [0.5, 0.6) is 0 Å². The number of rotatable bonds is 6. The Hall–Kier alpha value is -0.160. The normalized spacial score (nSPS) is 18.7. The Morgan fingerprint density at radius 2 is 1.00 bits per heavy atom. The molecule has 4 nitrogen and oxygen atoms in total. The van der Waals surface area contributed by atoms with Crippen molar-refractivity contribution in [1.82, 2.24) is 0 Å². The number of aliphatic hydroxyl groups is 3. The fourth-order valence-corrected chi connectivity index (χ4v) is 1.50. The molecule has 0 spiro atoms. The zero-order chi connectivity index (χ0) is 10.4. The summed E-state index contributed by atoms with van der Waals surface area (Å²) in [6, 6.07) is 0. The Labute approximate surface area is 79.8 Å². The summed E-state index contributed by atoms with van der Waals surface area (Å²) in [4.78, 5) is 1.03. The van der Waals surface area contributed by atoms with Crippen LogP contribution in [-0.4, -0.2) is 53.3 Å². The molecule has 0 aromatic rings. The maximum atomic E-state index is 9.16. The van der Waals surface area contributed by atoms with Crippen molar-refractivity contribution >= 4 is 0 Å². The monoisotopic (exact) mass is 192 g/mol. The number of aliphatic hydroxyl groups excluding tert-OH is 3. The summed E-state index contributed by atoms with van der Waals surface area (Å²) in [5, 5.41) is 27.5. The van der Waals surface area contributed by atoms with Crippen LogP contribution in [0.1, 0.15) is 20.8 Å². The summed E-state index contributed by atoms with van der Waals surface area (Å²) in [5.41, 5.74) is 0. The van der Waals surface area contributed by atoms with E-state index in [0.29, 0.717) is 19.6 Å². The Morgan fingerprint density at radius 3 is 1.15 bits per heavy atom. The molecule has 0 saturated carbocycles. The highest BCUT2D eigenvalue weighted by atomic mass is 16.3. The Balaban J connectivity index is 3.87. The first kappa shape index (κ1) is 12.8. The van der Waals surface area contributed by atoms with Gasteiger partial charge in [0.15, 0.2) is 0 Å². The summed E-state index contributed by atoms with van der Waals surface area (Å²) >= 11 is 0. The number of hydrogen-bond donors (Lipinski definition) is 4. The van der Waals surface area contributed by atoms with Crippen molar-refractivity contribution in [2.45, 2.75) is 39.1 Å². The van der Waals surface area contributed by atoms with Crippen LogP contribution in [0.25, 0.3) is 0 Å². The van der Waals surface area contributed by atoms with E-state index < -0.39 is 18.3 Å². The molecule has 0 amide bonds. The van der Waals surface area contributed by atoms with Gasteiger partial charge in [0.2, 0.25) is 0 Å². The zero-order valence-corrected chi connectivity index (χ0v) is 8.70. The van der Waals surface area contributed by atoms with Crippen LogP contribution in [0, 0.1) is 0 Å². The molecule has 0 aliphatic rings. The smallest absolute Gasteiger partial charge is 0.103 e. The third kappa shape index (κ3) is 8.18. The second-order valence-corrected chi connectivity index (χ2v) is 3.91. The average molecular weight is 192 g/mol. The maximum Gasteiger partial charge on any atom is 0.103 e. The van der Waals surface area contributed by atoms with Crippen molar-refractivity contribution in [2.24, 2.45) is 0 Å². The first-order valence-electron chi connectivity index (χ1n) is 4.79. The van der Waals surface area contributed by atoms with Gasteiger partial charge < -0.3 is 20.2 Å². The minimum Gasteiger partial charge on any atom is -0.388 e. The minimum atomic E-state index is -0.396. The van der Waals surface area contributed by atoms with E-state index in [0.717, 1.165) is 4.90 Å². The lowest BCUT2D eigenvalue weighted by Gasteiger charge is -2.23. The lowest BCUT2D eigenvalue weighted by molar-refractivity contribution is -0.908. The molecule has 4 heteroatoms. The number of hydrogen-bond acceptors (Lipinski definition) is 3. The van der Waals surface area contributed by atoms with Gasteiger partial charge >= 0.3 is 0 Å². The van der Waals surface area contributed by atoms with E-state index in [4.69, 9.17) is 15.3 Å². The Bertz CT molecular complexity index is 102. The molecule has 0 heterocycles. The molecule has 0 fully saturated rings. The van der Waals surface area contributed by atoms with Crippen molar-refractivity contribution in [3.8, 4) is 0 Å². The van der Waals surface area contributed by atoms with E-state index in [9.17, 15) is 0 Å². The van der Waals surface area contributed by atoms with Crippen LogP contribution in [0.3, 0.4) is 0 Å². The van der Waals surface area contributed by atoms with E-state index in [2.05, 4.69) is 0 Å². The SMILES string of the molecule is C[C@H](O)C[NH+](C[C@@H](C)O)C[C@@H](C)O. The molecule has 80 valence electrons. The van der Waals surface area contributed by atoms with Crippen LogP contribution in [0.15, 0.2) is 0 Å². The van der Waals surface area contributed by atoms with Gasteiger partial charge in [0.1, 0.15) is 37.9 Å². The summed E-state index contributed by atoms with van der Waals surface area (Å²) < 4.78 is 0. The third-order valence-electron chi connectivity index (χ3n) is 1.75. The van der Waals surface area contributed by atoms with E-state index in [1.807, 2.05) is 0 Å². The summed E-state index contributed by atoms with van der Waals surface area (Å²) in [7, 11) is 0. The van der Waals surface area contributed by atoms with Crippen LogP contribution < -0.4 is 4.90 Å². The van der Waals surface area contributed by atoms with Gasteiger partial charge in [-0.25, -0.2) is 0 Å². The Morgan fingerprint density at radius 1 is 0.769 bits per heavy atom. The van der Waals surface area contributed by atoms with Crippen LogP contribution >= 0.6 is 0 Å². The molecule has 13 heavy (non-hydrogen) atoms.